The lowest BCUT2D eigenvalue weighted by Gasteiger charge is -2.36. The molecule has 0 radical (unpaired) electrons. The van der Waals surface area contributed by atoms with Crippen molar-refractivity contribution in [2.24, 2.45) is 0 Å². The average Bonchev–Trinajstić information content (AvgIpc) is 2.41. The zero-order chi connectivity index (χ0) is 14.8. The topological polar surface area (TPSA) is 12.0 Å². The van der Waals surface area contributed by atoms with Gasteiger partial charge in [-0.15, -0.1) is 0 Å². The molecular weight excluding hydrogens is 353 g/mol. The van der Waals surface area contributed by atoms with Gasteiger partial charge in [0.1, 0.15) is 5.82 Å². The number of hydrogen-bond donors (Lipinski definition) is 1. The Morgan fingerprint density at radius 1 is 1.19 bits per heavy atom. The molecule has 1 saturated carbocycles. The minimum absolute atomic E-state index is 0.190. The summed E-state index contributed by atoms with van der Waals surface area (Å²) in [7, 11) is 0. The van der Waals surface area contributed by atoms with Gasteiger partial charge in [-0.1, -0.05) is 45.7 Å². The quantitative estimate of drug-likeness (QED) is 0.774. The standard InChI is InChI=1S/C17H16BrClFN/c18-14-3-1-2-12(7-14)13-8-15(9-13)21-10-11-4-5-17(20)16(19)6-11/h1-7,13,15,21H,8-10H2. The highest BCUT2D eigenvalue weighted by molar-refractivity contribution is 9.10. The number of rotatable bonds is 4. The Kier molecular flexibility index (Phi) is 4.63. The number of halogens is 3. The summed E-state index contributed by atoms with van der Waals surface area (Å²) >= 11 is 9.30. The molecule has 1 nitrogen and oxygen atoms in total. The second-order valence-corrected chi connectivity index (χ2v) is 6.87. The molecule has 1 N–H and O–H groups in total. The highest BCUT2D eigenvalue weighted by Gasteiger charge is 2.29. The Morgan fingerprint density at radius 2 is 2.00 bits per heavy atom. The van der Waals surface area contributed by atoms with Crippen molar-refractivity contribution in [3.63, 3.8) is 0 Å². The first-order valence-electron chi connectivity index (χ1n) is 7.04. The summed E-state index contributed by atoms with van der Waals surface area (Å²) < 4.78 is 14.2. The van der Waals surface area contributed by atoms with Gasteiger partial charge in [-0.3, -0.25) is 0 Å². The average molecular weight is 369 g/mol. The van der Waals surface area contributed by atoms with Crippen LogP contribution in [0.5, 0.6) is 0 Å². The smallest absolute Gasteiger partial charge is 0.141 e. The molecule has 0 spiro atoms. The molecule has 0 saturated heterocycles. The van der Waals surface area contributed by atoms with Gasteiger partial charge in [0.2, 0.25) is 0 Å². The lowest BCUT2D eigenvalue weighted by molar-refractivity contribution is 0.289. The van der Waals surface area contributed by atoms with E-state index in [0.29, 0.717) is 12.0 Å². The van der Waals surface area contributed by atoms with E-state index in [1.807, 2.05) is 0 Å². The molecule has 3 rings (SSSR count). The molecule has 0 amide bonds. The van der Waals surface area contributed by atoms with E-state index >= 15 is 0 Å². The Balaban J connectivity index is 1.50. The van der Waals surface area contributed by atoms with Crippen molar-refractivity contribution in [2.75, 3.05) is 0 Å². The molecule has 0 aromatic heterocycles. The second kappa shape index (κ2) is 6.47. The molecule has 0 unspecified atom stereocenters. The van der Waals surface area contributed by atoms with Crippen LogP contribution in [0.25, 0.3) is 0 Å². The molecule has 21 heavy (non-hydrogen) atoms. The summed E-state index contributed by atoms with van der Waals surface area (Å²) in [5, 5.41) is 3.69. The van der Waals surface area contributed by atoms with Crippen LogP contribution >= 0.6 is 27.5 Å². The number of nitrogens with one attached hydrogen (secondary N) is 1. The van der Waals surface area contributed by atoms with Gasteiger partial charge in [-0.05, 0) is 54.2 Å². The van der Waals surface area contributed by atoms with Crippen LogP contribution in [0.15, 0.2) is 46.9 Å². The van der Waals surface area contributed by atoms with Gasteiger partial charge in [-0.25, -0.2) is 4.39 Å². The molecule has 1 aliphatic rings. The lowest BCUT2D eigenvalue weighted by atomic mass is 9.76. The van der Waals surface area contributed by atoms with E-state index in [-0.39, 0.29) is 10.8 Å². The van der Waals surface area contributed by atoms with Crippen molar-refractivity contribution in [3.8, 4) is 0 Å². The van der Waals surface area contributed by atoms with Crippen molar-refractivity contribution < 1.29 is 4.39 Å². The van der Waals surface area contributed by atoms with Gasteiger partial charge >= 0.3 is 0 Å². The summed E-state index contributed by atoms with van der Waals surface area (Å²) in [6.45, 7) is 0.732. The minimum atomic E-state index is -0.362. The molecule has 110 valence electrons. The monoisotopic (exact) mass is 367 g/mol. The van der Waals surface area contributed by atoms with Crippen molar-refractivity contribution in [3.05, 3.63) is 68.9 Å². The Bertz CT molecular complexity index is 640. The molecule has 0 bridgehead atoms. The molecule has 2 aromatic rings. The number of hydrogen-bond acceptors (Lipinski definition) is 1. The van der Waals surface area contributed by atoms with Crippen molar-refractivity contribution in [2.45, 2.75) is 31.3 Å². The third-order valence-electron chi connectivity index (χ3n) is 4.04. The highest BCUT2D eigenvalue weighted by Crippen LogP contribution is 2.37. The summed E-state index contributed by atoms with van der Waals surface area (Å²) in [6, 6.07) is 13.9. The molecule has 0 aliphatic heterocycles. The fraction of sp³-hybridized carbons (Fsp3) is 0.294. The first kappa shape index (κ1) is 15.0. The Hall–Kier alpha value is -0.900. The first-order valence-corrected chi connectivity index (χ1v) is 8.21. The highest BCUT2D eigenvalue weighted by atomic mass is 79.9. The van der Waals surface area contributed by atoms with Crippen molar-refractivity contribution in [1.82, 2.24) is 5.32 Å². The van der Waals surface area contributed by atoms with Gasteiger partial charge in [0.25, 0.3) is 0 Å². The van der Waals surface area contributed by atoms with Crippen LogP contribution in [-0.2, 0) is 6.54 Å². The minimum Gasteiger partial charge on any atom is -0.310 e. The molecule has 1 fully saturated rings. The van der Waals surface area contributed by atoms with E-state index in [2.05, 4.69) is 45.5 Å². The van der Waals surface area contributed by atoms with E-state index in [9.17, 15) is 4.39 Å². The van der Waals surface area contributed by atoms with Crippen molar-refractivity contribution >= 4 is 27.5 Å². The van der Waals surface area contributed by atoms with Crippen LogP contribution in [0.2, 0.25) is 5.02 Å². The maximum Gasteiger partial charge on any atom is 0.141 e. The van der Waals surface area contributed by atoms with Gasteiger partial charge in [0.15, 0.2) is 0 Å². The predicted molar refractivity (Wildman–Crippen MR) is 88.2 cm³/mol. The number of benzene rings is 2. The van der Waals surface area contributed by atoms with E-state index in [1.54, 1.807) is 12.1 Å². The van der Waals surface area contributed by atoms with Gasteiger partial charge in [0.05, 0.1) is 5.02 Å². The Morgan fingerprint density at radius 3 is 2.71 bits per heavy atom. The van der Waals surface area contributed by atoms with Crippen LogP contribution in [0.1, 0.15) is 29.9 Å². The van der Waals surface area contributed by atoms with E-state index < -0.39 is 0 Å². The second-order valence-electron chi connectivity index (χ2n) is 5.55. The molecular formula is C17H16BrClFN. The van der Waals surface area contributed by atoms with Crippen LogP contribution in [0.3, 0.4) is 0 Å². The molecule has 2 aromatic carbocycles. The van der Waals surface area contributed by atoms with Gasteiger partial charge in [0, 0.05) is 17.1 Å². The lowest BCUT2D eigenvalue weighted by Crippen LogP contribution is -2.39. The fourth-order valence-corrected chi connectivity index (χ4v) is 3.35. The summed E-state index contributed by atoms with van der Waals surface area (Å²) in [6.07, 6.45) is 2.29. The maximum absolute atomic E-state index is 13.1. The van der Waals surface area contributed by atoms with Gasteiger partial charge < -0.3 is 5.32 Å². The van der Waals surface area contributed by atoms with Crippen LogP contribution < -0.4 is 5.32 Å². The van der Waals surface area contributed by atoms with E-state index in [4.69, 9.17) is 11.6 Å². The maximum atomic E-state index is 13.1. The first-order chi connectivity index (χ1) is 10.1. The molecule has 1 aliphatic carbocycles. The Labute approximate surface area is 137 Å². The van der Waals surface area contributed by atoms with Crippen molar-refractivity contribution in [1.29, 1.82) is 0 Å². The zero-order valence-corrected chi connectivity index (χ0v) is 13.8. The zero-order valence-electron chi connectivity index (χ0n) is 11.5. The third-order valence-corrected chi connectivity index (χ3v) is 4.82. The van der Waals surface area contributed by atoms with E-state index in [1.165, 1.54) is 11.6 Å². The molecule has 0 atom stereocenters. The van der Waals surface area contributed by atoms with E-state index in [0.717, 1.165) is 29.4 Å². The normalized spacial score (nSPS) is 21.1. The summed E-state index contributed by atoms with van der Waals surface area (Å²) in [5.41, 5.74) is 2.42. The fourth-order valence-electron chi connectivity index (χ4n) is 2.73. The summed E-state index contributed by atoms with van der Waals surface area (Å²) in [5.74, 6) is 0.274. The molecule has 4 heteroatoms. The third kappa shape index (κ3) is 3.65. The SMILES string of the molecule is Fc1ccc(CNC2CC(c3cccc(Br)c3)C2)cc1Cl. The predicted octanol–water partition coefficient (Wildman–Crippen LogP) is 5.28. The summed E-state index contributed by atoms with van der Waals surface area (Å²) in [4.78, 5) is 0. The molecule has 0 heterocycles. The largest absolute Gasteiger partial charge is 0.310 e. The van der Waals surface area contributed by atoms with Gasteiger partial charge in [-0.2, -0.15) is 0 Å². The van der Waals surface area contributed by atoms with Crippen LogP contribution in [0, 0.1) is 5.82 Å². The van der Waals surface area contributed by atoms with Crippen LogP contribution in [0.4, 0.5) is 4.39 Å². The van der Waals surface area contributed by atoms with Crippen LogP contribution in [-0.4, -0.2) is 6.04 Å².